The van der Waals surface area contributed by atoms with Crippen LogP contribution in [0.5, 0.6) is 0 Å². The Bertz CT molecular complexity index is 937. The van der Waals surface area contributed by atoms with Crippen molar-refractivity contribution in [3.05, 3.63) is 57.9 Å². The largest absolute Gasteiger partial charge is 0.330 e. The van der Waals surface area contributed by atoms with Crippen molar-refractivity contribution in [2.24, 2.45) is 0 Å². The minimum atomic E-state index is -0.118. The smallest absolute Gasteiger partial charge is 0.258 e. The predicted molar refractivity (Wildman–Crippen MR) is 96.0 cm³/mol. The van der Waals surface area contributed by atoms with Gasteiger partial charge in [-0.25, -0.2) is 15.0 Å². The quantitative estimate of drug-likeness (QED) is 0.703. The zero-order chi connectivity index (χ0) is 17.2. The molecular formula is C17H18ClN6O+. The first kappa shape index (κ1) is 16.0. The van der Waals surface area contributed by atoms with Gasteiger partial charge in [0.2, 0.25) is 5.95 Å². The highest BCUT2D eigenvalue weighted by Crippen LogP contribution is 2.14. The molecule has 0 radical (unpaired) electrons. The third-order valence-electron chi connectivity index (χ3n) is 4.44. The Labute approximate surface area is 149 Å². The molecule has 25 heavy (non-hydrogen) atoms. The van der Waals surface area contributed by atoms with Gasteiger partial charge in [0.25, 0.3) is 5.56 Å². The summed E-state index contributed by atoms with van der Waals surface area (Å²) in [5, 5.41) is 1.15. The number of nitrogens with zero attached hydrogens (tertiary/aromatic N) is 4. The van der Waals surface area contributed by atoms with Gasteiger partial charge in [-0.3, -0.25) is 4.79 Å². The Morgan fingerprint density at radius 1 is 1.20 bits per heavy atom. The maximum absolute atomic E-state index is 12.2. The van der Waals surface area contributed by atoms with Crippen LogP contribution in [0, 0.1) is 0 Å². The Morgan fingerprint density at radius 2 is 1.96 bits per heavy atom. The minimum Gasteiger partial charge on any atom is -0.330 e. The first-order valence-electron chi connectivity index (χ1n) is 8.23. The topological polar surface area (TPSA) is 79.2 Å². The molecule has 0 bridgehead atoms. The van der Waals surface area contributed by atoms with E-state index in [9.17, 15) is 4.79 Å². The summed E-state index contributed by atoms with van der Waals surface area (Å²) in [7, 11) is 0. The zero-order valence-corrected chi connectivity index (χ0v) is 14.3. The van der Waals surface area contributed by atoms with Crippen molar-refractivity contribution in [2.75, 3.05) is 31.1 Å². The molecule has 2 N–H and O–H groups in total. The fourth-order valence-electron chi connectivity index (χ4n) is 3.14. The van der Waals surface area contributed by atoms with Gasteiger partial charge >= 0.3 is 0 Å². The molecule has 1 aliphatic rings. The van der Waals surface area contributed by atoms with Crippen LogP contribution < -0.4 is 15.4 Å². The highest BCUT2D eigenvalue weighted by atomic mass is 35.5. The van der Waals surface area contributed by atoms with E-state index in [0.29, 0.717) is 28.3 Å². The lowest BCUT2D eigenvalue weighted by molar-refractivity contribution is -0.915. The summed E-state index contributed by atoms with van der Waals surface area (Å²) >= 11 is 6.01. The number of aromatic nitrogens is 4. The van der Waals surface area contributed by atoms with Crippen molar-refractivity contribution < 1.29 is 4.90 Å². The lowest BCUT2D eigenvalue weighted by Gasteiger charge is -2.31. The molecule has 0 aliphatic carbocycles. The number of anilines is 1. The normalized spacial score (nSPS) is 15.6. The third kappa shape index (κ3) is 3.47. The maximum Gasteiger partial charge on any atom is 0.258 e. The number of hydrogen-bond acceptors (Lipinski definition) is 5. The van der Waals surface area contributed by atoms with Crippen LogP contribution in [-0.2, 0) is 6.54 Å². The Hall–Kier alpha value is -2.51. The first-order chi connectivity index (χ1) is 12.2. The van der Waals surface area contributed by atoms with Gasteiger partial charge in [0.15, 0.2) is 5.82 Å². The van der Waals surface area contributed by atoms with Crippen LogP contribution in [0.15, 0.2) is 41.5 Å². The van der Waals surface area contributed by atoms with Gasteiger partial charge in [-0.15, -0.1) is 0 Å². The van der Waals surface area contributed by atoms with E-state index in [2.05, 4.69) is 24.8 Å². The van der Waals surface area contributed by atoms with E-state index in [4.69, 9.17) is 11.6 Å². The van der Waals surface area contributed by atoms with Crippen molar-refractivity contribution in [3.8, 4) is 0 Å². The lowest BCUT2D eigenvalue weighted by Crippen LogP contribution is -3.13. The second-order valence-electron chi connectivity index (χ2n) is 6.14. The number of rotatable bonds is 3. The van der Waals surface area contributed by atoms with Crippen molar-refractivity contribution in [2.45, 2.75) is 6.54 Å². The number of quaternary nitrogens is 1. The number of H-pyrrole nitrogens is 1. The van der Waals surface area contributed by atoms with Gasteiger partial charge in [0.05, 0.1) is 37.1 Å². The van der Waals surface area contributed by atoms with Crippen LogP contribution in [0.3, 0.4) is 0 Å². The summed E-state index contributed by atoms with van der Waals surface area (Å²) in [5.74, 6) is 1.47. The number of hydrogen-bond donors (Lipinski definition) is 2. The fraction of sp³-hybridized carbons (Fsp3) is 0.294. The average Bonchev–Trinajstić information content (AvgIpc) is 2.63. The van der Waals surface area contributed by atoms with E-state index < -0.39 is 0 Å². The molecule has 7 nitrogen and oxygen atoms in total. The zero-order valence-electron chi connectivity index (χ0n) is 13.6. The fourth-order valence-corrected chi connectivity index (χ4v) is 3.30. The molecule has 128 valence electrons. The maximum atomic E-state index is 12.2. The van der Waals surface area contributed by atoms with Gasteiger partial charge in [-0.05, 0) is 24.3 Å². The summed E-state index contributed by atoms with van der Waals surface area (Å²) in [6, 6.07) is 6.96. The summed E-state index contributed by atoms with van der Waals surface area (Å²) in [6.07, 6.45) is 3.52. The van der Waals surface area contributed by atoms with E-state index in [1.807, 2.05) is 6.07 Å². The Morgan fingerprint density at radius 3 is 2.72 bits per heavy atom. The van der Waals surface area contributed by atoms with Crippen molar-refractivity contribution in [1.82, 2.24) is 19.9 Å². The number of benzene rings is 1. The lowest BCUT2D eigenvalue weighted by atomic mass is 10.2. The van der Waals surface area contributed by atoms with Crippen LogP contribution in [0.2, 0.25) is 5.02 Å². The molecule has 1 fully saturated rings. The van der Waals surface area contributed by atoms with Crippen LogP contribution in [0.4, 0.5) is 5.95 Å². The highest BCUT2D eigenvalue weighted by molar-refractivity contribution is 6.31. The number of halogens is 1. The first-order valence-corrected chi connectivity index (χ1v) is 8.61. The SMILES string of the molecule is O=c1[nH]c(C[NH+]2CCN(c3ncccn3)CC2)nc2cc(Cl)ccc12. The monoisotopic (exact) mass is 357 g/mol. The summed E-state index contributed by atoms with van der Waals surface area (Å²) in [5.41, 5.74) is 0.523. The molecule has 0 atom stereocenters. The molecule has 3 heterocycles. The van der Waals surface area contributed by atoms with Gasteiger partial charge in [-0.1, -0.05) is 11.6 Å². The van der Waals surface area contributed by atoms with Crippen LogP contribution in [0.1, 0.15) is 5.82 Å². The molecule has 3 aromatic rings. The van der Waals surface area contributed by atoms with Gasteiger partial charge in [-0.2, -0.15) is 0 Å². The number of piperazine rings is 1. The Balaban J connectivity index is 1.47. The van der Waals surface area contributed by atoms with Crippen LogP contribution >= 0.6 is 11.6 Å². The predicted octanol–water partition coefficient (Wildman–Crippen LogP) is 0.272. The van der Waals surface area contributed by atoms with E-state index in [-0.39, 0.29) is 5.56 Å². The minimum absolute atomic E-state index is 0.118. The number of nitrogens with one attached hydrogen (secondary N) is 2. The molecule has 1 aliphatic heterocycles. The second kappa shape index (κ2) is 6.78. The molecule has 4 rings (SSSR count). The van der Waals surface area contributed by atoms with E-state index in [1.165, 1.54) is 4.90 Å². The molecule has 0 unspecified atom stereocenters. The molecule has 1 aromatic carbocycles. The standard InChI is InChI=1S/C17H17ClN6O/c18-12-2-3-13-14(10-12)21-15(22-16(13)25)11-23-6-8-24(9-7-23)17-19-4-1-5-20-17/h1-5,10H,6-9,11H2,(H,21,22,25)/p+1. The highest BCUT2D eigenvalue weighted by Gasteiger charge is 2.22. The molecular weight excluding hydrogens is 340 g/mol. The molecule has 2 aromatic heterocycles. The second-order valence-corrected chi connectivity index (χ2v) is 6.57. The molecule has 0 amide bonds. The summed E-state index contributed by atoms with van der Waals surface area (Å²) < 4.78 is 0. The van der Waals surface area contributed by atoms with Gasteiger partial charge < -0.3 is 14.8 Å². The number of fused-ring (bicyclic) bond motifs is 1. The van der Waals surface area contributed by atoms with Gasteiger partial charge in [0, 0.05) is 17.4 Å². The molecule has 0 saturated carbocycles. The Kier molecular flexibility index (Phi) is 4.33. The molecule has 1 saturated heterocycles. The average molecular weight is 358 g/mol. The van der Waals surface area contributed by atoms with Crippen molar-refractivity contribution in [3.63, 3.8) is 0 Å². The third-order valence-corrected chi connectivity index (χ3v) is 4.68. The summed E-state index contributed by atoms with van der Waals surface area (Å²) in [6.45, 7) is 4.32. The van der Waals surface area contributed by atoms with E-state index in [0.717, 1.165) is 32.1 Å². The van der Waals surface area contributed by atoms with Crippen LogP contribution in [-0.4, -0.2) is 46.1 Å². The van der Waals surface area contributed by atoms with E-state index >= 15 is 0 Å². The molecule has 0 spiro atoms. The van der Waals surface area contributed by atoms with Crippen LogP contribution in [0.25, 0.3) is 10.9 Å². The summed E-state index contributed by atoms with van der Waals surface area (Å²) in [4.78, 5) is 31.8. The number of aromatic amines is 1. The van der Waals surface area contributed by atoms with Crippen molar-refractivity contribution in [1.29, 1.82) is 0 Å². The molecule has 8 heteroatoms. The van der Waals surface area contributed by atoms with Gasteiger partial charge in [0.1, 0.15) is 6.54 Å². The van der Waals surface area contributed by atoms with Crippen molar-refractivity contribution >= 4 is 28.5 Å². The van der Waals surface area contributed by atoms with E-state index in [1.54, 1.807) is 30.6 Å².